The van der Waals surface area contributed by atoms with Crippen molar-refractivity contribution in [3.05, 3.63) is 113 Å². The fraction of sp³-hybridized carbons (Fsp3) is 0.214. The van der Waals surface area contributed by atoms with Crippen LogP contribution >= 0.6 is 11.6 Å². The first-order valence-electron chi connectivity index (χ1n) is 11.3. The van der Waals surface area contributed by atoms with Gasteiger partial charge in [-0.2, -0.15) is 0 Å². The zero-order valence-electron chi connectivity index (χ0n) is 19.5. The van der Waals surface area contributed by atoms with Gasteiger partial charge in [0.2, 0.25) is 9.04 Å². The van der Waals surface area contributed by atoms with E-state index in [0.717, 1.165) is 27.5 Å². The number of aromatic nitrogens is 1. The summed E-state index contributed by atoms with van der Waals surface area (Å²) in [6.45, 7) is 7.54. The van der Waals surface area contributed by atoms with Crippen molar-refractivity contribution in [2.45, 2.75) is 39.3 Å². The second kappa shape index (κ2) is 10.1. The maximum atomic E-state index is 6.84. The summed E-state index contributed by atoms with van der Waals surface area (Å²) in [6, 6.07) is 29.3. The van der Waals surface area contributed by atoms with Crippen LogP contribution in [0.1, 0.15) is 37.6 Å². The van der Waals surface area contributed by atoms with Gasteiger partial charge < -0.3 is 14.7 Å². The number of nitrogens with two attached hydrogens (primary N) is 1. The van der Waals surface area contributed by atoms with Crippen LogP contribution in [0.15, 0.2) is 91.1 Å². The van der Waals surface area contributed by atoms with Gasteiger partial charge in [0.15, 0.2) is 0 Å². The Labute approximate surface area is 203 Å². The summed E-state index contributed by atoms with van der Waals surface area (Å²) in [5.41, 5.74) is 10.3. The highest BCUT2D eigenvalue weighted by molar-refractivity contribution is 6.80. The third kappa shape index (κ3) is 5.15. The molecule has 1 aromatic heterocycles. The molecule has 0 amide bonds. The lowest BCUT2D eigenvalue weighted by molar-refractivity contribution is 0.317. The van der Waals surface area contributed by atoms with Crippen molar-refractivity contribution in [1.29, 1.82) is 0 Å². The van der Waals surface area contributed by atoms with Crippen molar-refractivity contribution in [1.82, 2.24) is 4.57 Å². The largest absolute Gasteiger partial charge is 0.407 e. The Hall–Kier alpha value is -2.63. The lowest BCUT2D eigenvalue weighted by Gasteiger charge is -2.28. The standard InChI is InChI=1S/C28H31ClN2OSi/c1-28(2,3)27-24(26(17-16-25(27)29)31-18-10-11-21(31)19-30)20-32-33(22-12-6-4-7-13-22)23-14-8-5-9-15-23/h4-18,33H,19-20,30H2,1-3H3. The van der Waals surface area contributed by atoms with E-state index >= 15 is 0 Å². The predicted molar refractivity (Wildman–Crippen MR) is 141 cm³/mol. The summed E-state index contributed by atoms with van der Waals surface area (Å²) >= 11 is 6.79. The molecule has 0 spiro atoms. The molecule has 0 unspecified atom stereocenters. The second-order valence-electron chi connectivity index (χ2n) is 9.26. The molecule has 170 valence electrons. The minimum absolute atomic E-state index is 0.141. The fourth-order valence-electron chi connectivity index (χ4n) is 4.42. The van der Waals surface area contributed by atoms with Crippen molar-refractivity contribution < 1.29 is 4.43 Å². The van der Waals surface area contributed by atoms with Crippen molar-refractivity contribution in [3.8, 4) is 5.69 Å². The molecule has 0 aliphatic carbocycles. The molecule has 0 atom stereocenters. The molecule has 0 radical (unpaired) electrons. The number of hydrogen-bond acceptors (Lipinski definition) is 2. The molecule has 4 aromatic rings. The number of nitrogens with zero attached hydrogens (tertiary/aromatic N) is 1. The van der Waals surface area contributed by atoms with E-state index in [0.29, 0.717) is 13.2 Å². The maximum absolute atomic E-state index is 6.84. The van der Waals surface area contributed by atoms with Gasteiger partial charge in [0, 0.05) is 29.0 Å². The van der Waals surface area contributed by atoms with Crippen LogP contribution in [0.2, 0.25) is 5.02 Å². The van der Waals surface area contributed by atoms with Crippen molar-refractivity contribution in [2.24, 2.45) is 5.73 Å². The Morgan fingerprint density at radius 1 is 0.848 bits per heavy atom. The molecule has 0 fully saturated rings. The molecule has 1 heterocycles. The van der Waals surface area contributed by atoms with Gasteiger partial charge in [0.05, 0.1) is 12.3 Å². The molecular formula is C28H31ClN2OSi. The van der Waals surface area contributed by atoms with Crippen LogP contribution in [0.4, 0.5) is 0 Å². The van der Waals surface area contributed by atoms with Gasteiger partial charge in [0.1, 0.15) is 0 Å². The smallest absolute Gasteiger partial charge is 0.240 e. The first-order valence-corrected chi connectivity index (χ1v) is 13.3. The van der Waals surface area contributed by atoms with E-state index in [9.17, 15) is 0 Å². The topological polar surface area (TPSA) is 40.2 Å². The van der Waals surface area contributed by atoms with Crippen LogP contribution in [-0.2, 0) is 23.0 Å². The monoisotopic (exact) mass is 474 g/mol. The molecule has 3 nitrogen and oxygen atoms in total. The zero-order chi connectivity index (χ0) is 23.4. The molecule has 0 saturated carbocycles. The van der Waals surface area contributed by atoms with Gasteiger partial charge in [-0.25, -0.2) is 0 Å². The SMILES string of the molecule is CC(C)(C)c1c(Cl)ccc(-n2cccc2CN)c1CO[SiH](c1ccccc1)c1ccccc1. The first-order chi connectivity index (χ1) is 15.9. The van der Waals surface area contributed by atoms with Gasteiger partial charge >= 0.3 is 0 Å². The van der Waals surface area contributed by atoms with Gasteiger partial charge in [-0.1, -0.05) is 93.0 Å². The summed E-state index contributed by atoms with van der Waals surface area (Å²) in [5.74, 6) is 0. The molecule has 0 aliphatic heterocycles. The maximum Gasteiger partial charge on any atom is 0.240 e. The van der Waals surface area contributed by atoms with E-state index in [1.165, 1.54) is 10.4 Å². The Bertz CT molecular complexity index is 1160. The lowest BCUT2D eigenvalue weighted by Crippen LogP contribution is -2.44. The van der Waals surface area contributed by atoms with Crippen LogP contribution in [0.3, 0.4) is 0 Å². The van der Waals surface area contributed by atoms with Crippen LogP contribution in [0, 0.1) is 0 Å². The normalized spacial score (nSPS) is 11.8. The van der Waals surface area contributed by atoms with Crippen LogP contribution in [0.25, 0.3) is 5.69 Å². The van der Waals surface area contributed by atoms with Crippen LogP contribution < -0.4 is 16.1 Å². The molecule has 33 heavy (non-hydrogen) atoms. The van der Waals surface area contributed by atoms with E-state index in [1.807, 2.05) is 24.3 Å². The minimum atomic E-state index is -1.91. The zero-order valence-corrected chi connectivity index (χ0v) is 21.4. The number of benzene rings is 3. The molecule has 2 N–H and O–H groups in total. The predicted octanol–water partition coefficient (Wildman–Crippen LogP) is 4.94. The molecule has 3 aromatic carbocycles. The highest BCUT2D eigenvalue weighted by atomic mass is 35.5. The highest BCUT2D eigenvalue weighted by Crippen LogP contribution is 2.36. The van der Waals surface area contributed by atoms with Crippen LogP contribution in [0.5, 0.6) is 0 Å². The van der Waals surface area contributed by atoms with Gasteiger partial charge in [-0.05, 0) is 45.6 Å². The summed E-state index contributed by atoms with van der Waals surface area (Å²) in [7, 11) is -1.91. The molecule has 0 aliphatic rings. The summed E-state index contributed by atoms with van der Waals surface area (Å²) in [6.07, 6.45) is 2.06. The van der Waals surface area contributed by atoms with Gasteiger partial charge in [0.25, 0.3) is 0 Å². The Morgan fingerprint density at radius 3 is 2.00 bits per heavy atom. The third-order valence-electron chi connectivity index (χ3n) is 5.89. The van der Waals surface area contributed by atoms with E-state index in [1.54, 1.807) is 0 Å². The molecule has 0 saturated heterocycles. The van der Waals surface area contributed by atoms with E-state index in [-0.39, 0.29) is 5.41 Å². The number of halogens is 1. The van der Waals surface area contributed by atoms with Crippen LogP contribution in [-0.4, -0.2) is 13.6 Å². The van der Waals surface area contributed by atoms with E-state index in [4.69, 9.17) is 21.8 Å². The fourth-order valence-corrected chi connectivity index (χ4v) is 7.12. The highest BCUT2D eigenvalue weighted by Gasteiger charge is 2.26. The van der Waals surface area contributed by atoms with Gasteiger partial charge in [-0.15, -0.1) is 0 Å². The Kier molecular flexibility index (Phi) is 7.20. The van der Waals surface area contributed by atoms with E-state index < -0.39 is 9.04 Å². The first kappa shape index (κ1) is 23.5. The number of rotatable bonds is 7. The number of hydrogen-bond donors (Lipinski definition) is 1. The average Bonchev–Trinajstić information content (AvgIpc) is 3.28. The van der Waals surface area contributed by atoms with Crippen molar-refractivity contribution in [2.75, 3.05) is 0 Å². The van der Waals surface area contributed by atoms with Crippen molar-refractivity contribution >= 4 is 31.0 Å². The van der Waals surface area contributed by atoms with Crippen molar-refractivity contribution in [3.63, 3.8) is 0 Å². The minimum Gasteiger partial charge on any atom is -0.407 e. The quantitative estimate of drug-likeness (QED) is 0.385. The summed E-state index contributed by atoms with van der Waals surface area (Å²) < 4.78 is 9.00. The van der Waals surface area contributed by atoms with Gasteiger partial charge in [-0.3, -0.25) is 0 Å². The molecule has 0 bridgehead atoms. The Morgan fingerprint density at radius 2 is 1.45 bits per heavy atom. The third-order valence-corrected chi connectivity index (χ3v) is 8.68. The second-order valence-corrected chi connectivity index (χ2v) is 12.1. The lowest BCUT2D eigenvalue weighted by atomic mass is 9.83. The molecule has 4 rings (SSSR count). The summed E-state index contributed by atoms with van der Waals surface area (Å²) in [5, 5.41) is 3.28. The summed E-state index contributed by atoms with van der Waals surface area (Å²) in [4.78, 5) is 0. The van der Waals surface area contributed by atoms with E-state index in [2.05, 4.69) is 92.2 Å². The Balaban J connectivity index is 1.81. The molecular weight excluding hydrogens is 444 g/mol. The molecule has 5 heteroatoms. The average molecular weight is 475 g/mol.